The average molecular weight is 351 g/mol. The second-order valence-electron chi connectivity index (χ2n) is 6.76. The van der Waals surface area contributed by atoms with E-state index in [2.05, 4.69) is 12.2 Å². The van der Waals surface area contributed by atoms with E-state index in [-0.39, 0.29) is 12.5 Å². The molecule has 0 aromatic heterocycles. The third kappa shape index (κ3) is 3.20. The lowest BCUT2D eigenvalue weighted by molar-refractivity contribution is -0.124. The molecule has 1 aromatic carbocycles. The number of carbonyl (C=O) groups is 1. The minimum Gasteiger partial charge on any atom is -0.358 e. The fraction of sp³-hybridized carbons (Fsp3) is 0.588. The minimum absolute atomic E-state index is 0.251. The molecule has 1 fully saturated rings. The molecule has 1 N–H and O–H groups in total. The van der Waals surface area contributed by atoms with E-state index < -0.39 is 16.3 Å². The highest BCUT2D eigenvalue weighted by atomic mass is 32.2. The Bertz CT molecular complexity index is 720. The highest BCUT2D eigenvalue weighted by Crippen LogP contribution is 2.29. The number of hydrogen-bond acceptors (Lipinski definition) is 3. The van der Waals surface area contributed by atoms with E-state index in [0.717, 1.165) is 24.0 Å². The lowest BCUT2D eigenvalue weighted by atomic mass is 9.95. The smallest absolute Gasteiger partial charge is 0.283 e. The molecular formula is C17H25N3O3S. The SMILES string of the molecule is CNC(=O)[C@H]1Cc2ccccc2CN1S(=O)(=O)N1CCC[C@@H](C)C1. The highest BCUT2D eigenvalue weighted by molar-refractivity contribution is 7.86. The molecule has 0 unspecified atom stereocenters. The van der Waals surface area contributed by atoms with Gasteiger partial charge in [0.05, 0.1) is 0 Å². The largest absolute Gasteiger partial charge is 0.358 e. The molecule has 0 spiro atoms. The Morgan fingerprint density at radius 3 is 2.62 bits per heavy atom. The summed E-state index contributed by atoms with van der Waals surface area (Å²) in [4.78, 5) is 12.3. The van der Waals surface area contributed by atoms with E-state index >= 15 is 0 Å². The van der Waals surface area contributed by atoms with Crippen molar-refractivity contribution < 1.29 is 13.2 Å². The van der Waals surface area contributed by atoms with Crippen molar-refractivity contribution in [3.8, 4) is 0 Å². The molecule has 0 saturated carbocycles. The third-order valence-corrected chi connectivity index (χ3v) is 6.96. The molecule has 3 rings (SSSR count). The lowest BCUT2D eigenvalue weighted by Gasteiger charge is -2.39. The van der Waals surface area contributed by atoms with E-state index in [9.17, 15) is 13.2 Å². The number of benzene rings is 1. The van der Waals surface area contributed by atoms with Gasteiger partial charge in [0.1, 0.15) is 6.04 Å². The number of carbonyl (C=O) groups excluding carboxylic acids is 1. The summed E-state index contributed by atoms with van der Waals surface area (Å²) in [7, 11) is -2.11. The Kier molecular flexibility index (Phi) is 4.94. The molecule has 1 saturated heterocycles. The molecule has 24 heavy (non-hydrogen) atoms. The summed E-state index contributed by atoms with van der Waals surface area (Å²) in [5, 5.41) is 2.62. The molecule has 2 aliphatic heterocycles. The van der Waals surface area contributed by atoms with Crippen LogP contribution in [0.1, 0.15) is 30.9 Å². The molecule has 2 aliphatic rings. The number of nitrogens with one attached hydrogen (secondary N) is 1. The van der Waals surface area contributed by atoms with E-state index in [0.29, 0.717) is 25.4 Å². The summed E-state index contributed by atoms with van der Waals surface area (Å²) in [5.74, 6) is 0.0992. The first kappa shape index (κ1) is 17.4. The second-order valence-corrected chi connectivity index (χ2v) is 8.64. The molecule has 2 heterocycles. The van der Waals surface area contributed by atoms with Crippen molar-refractivity contribution in [2.75, 3.05) is 20.1 Å². The molecule has 2 atom stereocenters. The molecule has 7 heteroatoms. The topological polar surface area (TPSA) is 69.7 Å². The molecule has 0 bridgehead atoms. The van der Waals surface area contributed by atoms with Crippen LogP contribution in [0.3, 0.4) is 0 Å². The van der Waals surface area contributed by atoms with Gasteiger partial charge in [-0.2, -0.15) is 17.0 Å². The number of nitrogens with zero attached hydrogens (tertiary/aromatic N) is 2. The predicted octanol–water partition coefficient (Wildman–Crippen LogP) is 1.14. The van der Waals surface area contributed by atoms with Crippen molar-refractivity contribution in [1.82, 2.24) is 13.9 Å². The summed E-state index contributed by atoms with van der Waals surface area (Å²) >= 11 is 0. The standard InChI is InChI=1S/C17H25N3O3S/c1-13-6-5-9-19(11-13)24(22,23)20-12-15-8-4-3-7-14(15)10-16(20)17(21)18-2/h3-4,7-8,13,16H,5-6,9-12H2,1-2H3,(H,18,21)/t13-,16-/m1/s1. The van der Waals surface area contributed by atoms with Crippen LogP contribution in [0.5, 0.6) is 0 Å². The molecule has 6 nitrogen and oxygen atoms in total. The van der Waals surface area contributed by atoms with E-state index in [1.165, 1.54) is 4.31 Å². The van der Waals surface area contributed by atoms with Gasteiger partial charge >= 0.3 is 0 Å². The molecule has 1 aromatic rings. The summed E-state index contributed by atoms with van der Waals surface area (Å²) in [6, 6.07) is 7.06. The van der Waals surface area contributed by atoms with Crippen molar-refractivity contribution in [2.24, 2.45) is 5.92 Å². The van der Waals surface area contributed by atoms with Crippen LogP contribution in [0.25, 0.3) is 0 Å². The maximum absolute atomic E-state index is 13.2. The molecular weight excluding hydrogens is 326 g/mol. The Morgan fingerprint density at radius 2 is 1.96 bits per heavy atom. The first-order valence-electron chi connectivity index (χ1n) is 8.48. The van der Waals surface area contributed by atoms with Crippen molar-refractivity contribution in [3.05, 3.63) is 35.4 Å². The molecule has 0 aliphatic carbocycles. The van der Waals surface area contributed by atoms with Gasteiger partial charge in [0.15, 0.2) is 0 Å². The van der Waals surface area contributed by atoms with Crippen molar-refractivity contribution in [1.29, 1.82) is 0 Å². The van der Waals surface area contributed by atoms with Gasteiger partial charge < -0.3 is 5.32 Å². The van der Waals surface area contributed by atoms with Crippen LogP contribution >= 0.6 is 0 Å². The monoisotopic (exact) mass is 351 g/mol. The van der Waals surface area contributed by atoms with Crippen LogP contribution in [0.15, 0.2) is 24.3 Å². The van der Waals surface area contributed by atoms with Gasteiger partial charge in [-0.05, 0) is 36.3 Å². The zero-order chi connectivity index (χ0) is 17.3. The Morgan fingerprint density at radius 1 is 1.25 bits per heavy atom. The molecule has 1 amide bonds. The normalized spacial score (nSPS) is 25.9. The molecule has 132 valence electrons. The van der Waals surface area contributed by atoms with Crippen LogP contribution in [-0.2, 0) is 28.0 Å². The number of fused-ring (bicyclic) bond motifs is 1. The van der Waals surface area contributed by atoms with Crippen LogP contribution < -0.4 is 5.32 Å². The Labute approximate surface area is 144 Å². The fourth-order valence-electron chi connectivity index (χ4n) is 3.64. The first-order valence-corrected chi connectivity index (χ1v) is 9.88. The number of rotatable bonds is 3. The van der Waals surface area contributed by atoms with Crippen LogP contribution in [0, 0.1) is 5.92 Å². The van der Waals surface area contributed by atoms with Gasteiger partial charge in [0.25, 0.3) is 10.2 Å². The lowest BCUT2D eigenvalue weighted by Crippen LogP contribution is -2.57. The third-order valence-electron chi connectivity index (χ3n) is 5.00. The minimum atomic E-state index is -3.66. The van der Waals surface area contributed by atoms with Gasteiger partial charge in [0, 0.05) is 26.7 Å². The van der Waals surface area contributed by atoms with Gasteiger partial charge in [-0.3, -0.25) is 4.79 Å². The van der Waals surface area contributed by atoms with Crippen LogP contribution in [-0.4, -0.2) is 49.1 Å². The van der Waals surface area contributed by atoms with Gasteiger partial charge in [-0.1, -0.05) is 31.2 Å². The highest BCUT2D eigenvalue weighted by Gasteiger charge is 2.42. The van der Waals surface area contributed by atoms with E-state index in [1.54, 1.807) is 11.4 Å². The van der Waals surface area contributed by atoms with Crippen LogP contribution in [0.4, 0.5) is 0 Å². The summed E-state index contributed by atoms with van der Waals surface area (Å²) in [5.41, 5.74) is 2.02. The summed E-state index contributed by atoms with van der Waals surface area (Å²) in [6.07, 6.45) is 2.33. The van der Waals surface area contributed by atoms with Crippen LogP contribution in [0.2, 0.25) is 0 Å². The maximum Gasteiger partial charge on any atom is 0.283 e. The number of likely N-dealkylation sites (N-methyl/N-ethyl adjacent to an activating group) is 1. The van der Waals surface area contributed by atoms with E-state index in [1.807, 2.05) is 24.3 Å². The molecule has 0 radical (unpaired) electrons. The maximum atomic E-state index is 13.2. The summed E-state index contributed by atoms with van der Waals surface area (Å²) < 4.78 is 29.3. The van der Waals surface area contributed by atoms with E-state index in [4.69, 9.17) is 0 Å². The fourth-order valence-corrected chi connectivity index (χ4v) is 5.53. The van der Waals surface area contributed by atoms with Gasteiger partial charge in [0.2, 0.25) is 5.91 Å². The quantitative estimate of drug-likeness (QED) is 0.888. The second kappa shape index (κ2) is 6.82. The van der Waals surface area contributed by atoms with Gasteiger partial charge in [-0.25, -0.2) is 0 Å². The first-order chi connectivity index (χ1) is 11.4. The average Bonchev–Trinajstić information content (AvgIpc) is 2.60. The number of amides is 1. The Balaban J connectivity index is 1.95. The van der Waals surface area contributed by atoms with Gasteiger partial charge in [-0.15, -0.1) is 0 Å². The van der Waals surface area contributed by atoms with Crippen molar-refractivity contribution >= 4 is 16.1 Å². The zero-order valence-corrected chi connectivity index (χ0v) is 15.1. The Hall–Kier alpha value is -1.44. The summed E-state index contributed by atoms with van der Waals surface area (Å²) in [6.45, 7) is 3.39. The van der Waals surface area contributed by atoms with Crippen molar-refractivity contribution in [2.45, 2.75) is 38.8 Å². The number of piperidine rings is 1. The number of hydrogen-bond donors (Lipinski definition) is 1. The predicted molar refractivity (Wildman–Crippen MR) is 92.4 cm³/mol. The zero-order valence-electron chi connectivity index (χ0n) is 14.2. The van der Waals surface area contributed by atoms with Crippen molar-refractivity contribution in [3.63, 3.8) is 0 Å².